The van der Waals surface area contributed by atoms with Gasteiger partial charge in [-0.05, 0) is 24.7 Å². The van der Waals surface area contributed by atoms with Crippen molar-refractivity contribution in [1.82, 2.24) is 9.80 Å². The summed E-state index contributed by atoms with van der Waals surface area (Å²) in [6, 6.07) is 0. The van der Waals surface area contributed by atoms with Crippen LogP contribution in [0.25, 0.3) is 0 Å². The zero-order valence-electron chi connectivity index (χ0n) is 22.3. The molecule has 192 valence electrons. The van der Waals surface area contributed by atoms with E-state index in [2.05, 4.69) is 20.8 Å². The molecule has 0 bridgehead atoms. The van der Waals surface area contributed by atoms with Gasteiger partial charge in [-0.15, -0.1) is 0 Å². The van der Waals surface area contributed by atoms with Crippen molar-refractivity contribution in [1.29, 1.82) is 0 Å². The Labute approximate surface area is 202 Å². The van der Waals surface area contributed by atoms with Gasteiger partial charge in [0.05, 0.1) is 12.8 Å². The van der Waals surface area contributed by atoms with Crippen LogP contribution in [0.3, 0.4) is 0 Å². The Morgan fingerprint density at radius 2 is 1.09 bits per heavy atom. The van der Waals surface area contributed by atoms with Crippen LogP contribution in [0.2, 0.25) is 0 Å². The maximum Gasteiger partial charge on any atom is 0.229 e. The Bertz CT molecular complexity index is 591. The predicted octanol–water partition coefficient (Wildman–Crippen LogP) is 5.42. The van der Waals surface area contributed by atoms with Crippen molar-refractivity contribution in [2.45, 2.75) is 111 Å². The summed E-state index contributed by atoms with van der Waals surface area (Å²) in [5.74, 6) is -0.0315. The van der Waals surface area contributed by atoms with Gasteiger partial charge in [-0.3, -0.25) is 19.2 Å². The van der Waals surface area contributed by atoms with E-state index < -0.39 is 0 Å². The van der Waals surface area contributed by atoms with Crippen LogP contribution < -0.4 is 0 Å². The third kappa shape index (κ3) is 16.5. The molecule has 0 saturated heterocycles. The quantitative estimate of drug-likeness (QED) is 0.177. The van der Waals surface area contributed by atoms with Crippen molar-refractivity contribution in [3.8, 4) is 0 Å². The second-order valence-electron chi connectivity index (χ2n) is 10.00. The Hall–Kier alpha value is -1.72. The lowest BCUT2D eigenvalue weighted by molar-refractivity contribution is -0.135. The molecule has 0 aromatic carbocycles. The average molecular weight is 467 g/mol. The molecule has 0 fully saturated rings. The van der Waals surface area contributed by atoms with Gasteiger partial charge in [-0.2, -0.15) is 0 Å². The zero-order valence-corrected chi connectivity index (χ0v) is 22.3. The number of amides is 2. The molecule has 33 heavy (non-hydrogen) atoms. The SMILES string of the molecule is CCCCCCCN(C)C(=O)CC(=O)CC(C)CC(=O)CC(=O)N(C)CCCCC(C)CC. The van der Waals surface area contributed by atoms with Crippen LogP contribution in [0, 0.1) is 11.8 Å². The minimum atomic E-state index is -0.161. The Morgan fingerprint density at radius 3 is 1.55 bits per heavy atom. The largest absolute Gasteiger partial charge is 0.345 e. The van der Waals surface area contributed by atoms with Gasteiger partial charge >= 0.3 is 0 Å². The van der Waals surface area contributed by atoms with Crippen molar-refractivity contribution in [2.24, 2.45) is 11.8 Å². The van der Waals surface area contributed by atoms with Crippen molar-refractivity contribution >= 4 is 23.4 Å². The standard InChI is InChI=1S/C27H50N2O4/c1-7-9-10-11-13-16-28(5)26(32)20-24(30)18-23(4)19-25(31)21-27(33)29(6)17-14-12-15-22(3)8-2/h22-23H,7-21H2,1-6H3. The number of hydrogen-bond acceptors (Lipinski definition) is 4. The predicted molar refractivity (Wildman–Crippen MR) is 135 cm³/mol. The molecule has 0 aliphatic carbocycles. The van der Waals surface area contributed by atoms with E-state index in [1.54, 1.807) is 23.9 Å². The molecule has 0 radical (unpaired) electrons. The molecule has 0 saturated carbocycles. The second kappa shape index (κ2) is 18.7. The van der Waals surface area contributed by atoms with Crippen LogP contribution >= 0.6 is 0 Å². The molecule has 0 aromatic heterocycles. The smallest absolute Gasteiger partial charge is 0.229 e. The van der Waals surface area contributed by atoms with E-state index in [1.807, 2.05) is 6.92 Å². The average Bonchev–Trinajstić information content (AvgIpc) is 2.75. The summed E-state index contributed by atoms with van der Waals surface area (Å²) in [7, 11) is 3.49. The molecule has 0 aliphatic rings. The van der Waals surface area contributed by atoms with Crippen molar-refractivity contribution in [3.63, 3.8) is 0 Å². The van der Waals surface area contributed by atoms with E-state index in [9.17, 15) is 19.2 Å². The van der Waals surface area contributed by atoms with E-state index in [-0.39, 0.29) is 55.0 Å². The van der Waals surface area contributed by atoms with E-state index in [0.717, 1.165) is 25.7 Å². The molecule has 0 spiro atoms. The highest BCUT2D eigenvalue weighted by Crippen LogP contribution is 2.14. The van der Waals surface area contributed by atoms with Gasteiger partial charge in [0.25, 0.3) is 0 Å². The first-order valence-corrected chi connectivity index (χ1v) is 13.1. The molecular formula is C27H50N2O4. The zero-order chi connectivity index (χ0) is 25.2. The van der Waals surface area contributed by atoms with Crippen LogP contribution in [0.4, 0.5) is 0 Å². The third-order valence-corrected chi connectivity index (χ3v) is 6.44. The fraction of sp³-hybridized carbons (Fsp3) is 0.852. The minimum absolute atomic E-state index is 0.109. The molecule has 2 unspecified atom stereocenters. The monoisotopic (exact) mass is 466 g/mol. The second-order valence-corrected chi connectivity index (χ2v) is 10.00. The number of carbonyl (C=O) groups is 4. The number of nitrogens with zero attached hydrogens (tertiary/aromatic N) is 2. The van der Waals surface area contributed by atoms with E-state index in [0.29, 0.717) is 19.0 Å². The van der Waals surface area contributed by atoms with E-state index >= 15 is 0 Å². The highest BCUT2D eigenvalue weighted by molar-refractivity contribution is 5.99. The number of rotatable bonds is 20. The number of Topliss-reactive ketones (excluding diaryl/α,β-unsaturated/α-hetero) is 2. The van der Waals surface area contributed by atoms with Gasteiger partial charge in [0, 0.05) is 40.0 Å². The molecule has 0 heterocycles. The lowest BCUT2D eigenvalue weighted by Gasteiger charge is -2.18. The molecule has 0 N–H and O–H groups in total. The molecule has 2 atom stereocenters. The van der Waals surface area contributed by atoms with Crippen LogP contribution in [0.5, 0.6) is 0 Å². The van der Waals surface area contributed by atoms with Gasteiger partial charge < -0.3 is 9.80 Å². The van der Waals surface area contributed by atoms with Gasteiger partial charge in [0.15, 0.2) is 0 Å². The van der Waals surface area contributed by atoms with Crippen LogP contribution in [-0.2, 0) is 19.2 Å². The molecule has 0 rings (SSSR count). The molecule has 2 amide bonds. The van der Waals surface area contributed by atoms with Crippen molar-refractivity contribution in [3.05, 3.63) is 0 Å². The fourth-order valence-corrected chi connectivity index (χ4v) is 3.85. The first kappa shape index (κ1) is 31.3. The maximum atomic E-state index is 12.3. The van der Waals surface area contributed by atoms with Gasteiger partial charge in [0.2, 0.25) is 11.8 Å². The van der Waals surface area contributed by atoms with Gasteiger partial charge in [-0.1, -0.05) is 72.6 Å². The summed E-state index contributed by atoms with van der Waals surface area (Å²) in [4.78, 5) is 52.4. The highest BCUT2D eigenvalue weighted by Gasteiger charge is 2.20. The first-order chi connectivity index (χ1) is 15.6. The van der Waals surface area contributed by atoms with Crippen molar-refractivity contribution < 1.29 is 19.2 Å². The van der Waals surface area contributed by atoms with Crippen LogP contribution in [0.1, 0.15) is 111 Å². The lowest BCUT2D eigenvalue weighted by atomic mass is 9.96. The Kier molecular flexibility index (Phi) is 17.7. The maximum absolute atomic E-state index is 12.3. The van der Waals surface area contributed by atoms with E-state index in [4.69, 9.17) is 0 Å². The van der Waals surface area contributed by atoms with Crippen molar-refractivity contribution in [2.75, 3.05) is 27.2 Å². The number of ketones is 2. The Balaban J connectivity index is 4.14. The number of hydrogen-bond donors (Lipinski definition) is 0. The highest BCUT2D eigenvalue weighted by atomic mass is 16.2. The van der Waals surface area contributed by atoms with Gasteiger partial charge in [-0.25, -0.2) is 0 Å². The summed E-state index contributed by atoms with van der Waals surface area (Å²) >= 11 is 0. The Morgan fingerprint density at radius 1 is 0.636 bits per heavy atom. The molecule has 6 nitrogen and oxygen atoms in total. The first-order valence-electron chi connectivity index (χ1n) is 13.1. The number of carbonyl (C=O) groups excluding carboxylic acids is 4. The fourth-order valence-electron chi connectivity index (χ4n) is 3.85. The lowest BCUT2D eigenvalue weighted by Crippen LogP contribution is -2.30. The summed E-state index contributed by atoms with van der Waals surface area (Å²) in [5, 5.41) is 0. The summed E-state index contributed by atoms with van der Waals surface area (Å²) in [6.45, 7) is 9.78. The topological polar surface area (TPSA) is 74.8 Å². The summed E-state index contributed by atoms with van der Waals surface area (Å²) < 4.78 is 0. The molecule has 0 aromatic rings. The third-order valence-electron chi connectivity index (χ3n) is 6.44. The molecule has 0 aliphatic heterocycles. The summed E-state index contributed by atoms with van der Waals surface area (Å²) in [5.41, 5.74) is 0. The summed E-state index contributed by atoms with van der Waals surface area (Å²) in [6.07, 6.45) is 10.2. The minimum Gasteiger partial charge on any atom is -0.345 e. The van der Waals surface area contributed by atoms with Crippen LogP contribution in [0.15, 0.2) is 0 Å². The molecular weight excluding hydrogens is 416 g/mol. The normalized spacial score (nSPS) is 12.8. The van der Waals surface area contributed by atoms with E-state index in [1.165, 1.54) is 32.1 Å². The number of unbranched alkanes of at least 4 members (excludes halogenated alkanes) is 5. The van der Waals surface area contributed by atoms with Gasteiger partial charge in [0.1, 0.15) is 11.6 Å². The van der Waals surface area contributed by atoms with Crippen LogP contribution in [-0.4, -0.2) is 60.4 Å². The molecule has 6 heteroatoms.